The number of carbonyl (C=O) groups is 2. The van der Waals surface area contributed by atoms with Crippen molar-refractivity contribution in [3.8, 4) is 0 Å². The Kier molecular flexibility index (Phi) is 8.50. The van der Waals surface area contributed by atoms with Gasteiger partial charge >= 0.3 is 11.9 Å². The number of benzene rings is 1. The molecule has 132 valence electrons. The van der Waals surface area contributed by atoms with Gasteiger partial charge in [0.2, 0.25) is 0 Å². The summed E-state index contributed by atoms with van der Waals surface area (Å²) in [5, 5.41) is 11.1. The molecule has 1 rings (SSSR count). The predicted molar refractivity (Wildman–Crippen MR) is 91.5 cm³/mol. The third-order valence-electron chi connectivity index (χ3n) is 3.57. The quantitative estimate of drug-likeness (QED) is 0.418. The van der Waals surface area contributed by atoms with Crippen LogP contribution >= 0.6 is 11.6 Å². The van der Waals surface area contributed by atoms with Crippen molar-refractivity contribution in [1.82, 2.24) is 0 Å². The number of hydrogen-bond donors (Lipinski definition) is 1. The number of hydrogen-bond acceptors (Lipinski definition) is 5. The van der Waals surface area contributed by atoms with Gasteiger partial charge in [0.1, 0.15) is 0 Å². The molecular formula is C18H23ClO5. The van der Waals surface area contributed by atoms with Gasteiger partial charge in [-0.2, -0.15) is 0 Å². The van der Waals surface area contributed by atoms with Crippen molar-refractivity contribution in [3.63, 3.8) is 0 Å². The Labute approximate surface area is 147 Å². The van der Waals surface area contributed by atoms with E-state index in [1.165, 1.54) is 6.08 Å². The van der Waals surface area contributed by atoms with Crippen molar-refractivity contribution in [1.29, 1.82) is 0 Å². The Hall–Kier alpha value is -1.85. The molecule has 0 saturated heterocycles. The van der Waals surface area contributed by atoms with E-state index in [2.05, 4.69) is 6.58 Å². The number of ether oxygens (including phenoxy) is 2. The van der Waals surface area contributed by atoms with Crippen molar-refractivity contribution in [2.24, 2.45) is 11.8 Å². The molecule has 5 nitrogen and oxygen atoms in total. The molecule has 0 saturated carbocycles. The standard InChI is InChI=1S/C18H23ClO5/c1-4-12(16(20)13-7-9-14(19)10-8-13)11-15(17(21)23-5-2)18(22)24-6-3/h4,7-10,12,15-16,20H,1,5-6,11H2,2-3H3/t12-,16+/m0/s1. The van der Waals surface area contributed by atoms with Gasteiger partial charge in [0.15, 0.2) is 5.92 Å². The molecule has 2 atom stereocenters. The largest absolute Gasteiger partial charge is 0.465 e. The molecule has 0 aliphatic heterocycles. The van der Waals surface area contributed by atoms with Crippen LogP contribution in [0.4, 0.5) is 0 Å². The first kappa shape index (κ1) is 20.2. The van der Waals surface area contributed by atoms with Crippen molar-refractivity contribution in [2.45, 2.75) is 26.4 Å². The summed E-state index contributed by atoms with van der Waals surface area (Å²) in [6.07, 6.45) is 0.640. The Morgan fingerprint density at radius 3 is 2.08 bits per heavy atom. The first-order valence-electron chi connectivity index (χ1n) is 7.83. The molecule has 24 heavy (non-hydrogen) atoms. The lowest BCUT2D eigenvalue weighted by Crippen LogP contribution is -2.31. The van der Waals surface area contributed by atoms with Gasteiger partial charge in [0.05, 0.1) is 19.3 Å². The van der Waals surface area contributed by atoms with Crippen LogP contribution in [0.25, 0.3) is 0 Å². The van der Waals surface area contributed by atoms with E-state index in [4.69, 9.17) is 21.1 Å². The van der Waals surface area contributed by atoms with E-state index < -0.39 is 29.9 Å². The van der Waals surface area contributed by atoms with Gasteiger partial charge in [0.25, 0.3) is 0 Å². The molecule has 0 unspecified atom stereocenters. The fourth-order valence-corrected chi connectivity index (χ4v) is 2.43. The Morgan fingerprint density at radius 2 is 1.67 bits per heavy atom. The summed E-state index contributed by atoms with van der Waals surface area (Å²) in [6, 6.07) is 6.70. The number of halogens is 1. The van der Waals surface area contributed by atoms with Crippen LogP contribution < -0.4 is 0 Å². The van der Waals surface area contributed by atoms with Gasteiger partial charge in [-0.1, -0.05) is 29.8 Å². The van der Waals surface area contributed by atoms with Crippen LogP contribution in [0.5, 0.6) is 0 Å². The van der Waals surface area contributed by atoms with Crippen LogP contribution in [-0.2, 0) is 19.1 Å². The second-order valence-electron chi connectivity index (χ2n) is 5.19. The van der Waals surface area contributed by atoms with Crippen LogP contribution in [0.1, 0.15) is 31.9 Å². The molecule has 1 N–H and O–H groups in total. The number of aliphatic hydroxyl groups excluding tert-OH is 1. The van der Waals surface area contributed by atoms with Gasteiger partial charge in [-0.05, 0) is 38.0 Å². The molecule has 0 bridgehead atoms. The van der Waals surface area contributed by atoms with Gasteiger partial charge in [-0.3, -0.25) is 9.59 Å². The molecule has 0 radical (unpaired) electrons. The molecule has 0 aliphatic carbocycles. The summed E-state index contributed by atoms with van der Waals surface area (Å²) >= 11 is 5.84. The molecule has 0 aliphatic rings. The summed E-state index contributed by atoms with van der Waals surface area (Å²) in [6.45, 7) is 7.34. The second-order valence-corrected chi connectivity index (χ2v) is 5.62. The van der Waals surface area contributed by atoms with Crippen molar-refractivity contribution in [3.05, 3.63) is 47.5 Å². The molecular weight excluding hydrogens is 332 g/mol. The first-order valence-corrected chi connectivity index (χ1v) is 8.21. The van der Waals surface area contributed by atoms with Crippen molar-refractivity contribution < 1.29 is 24.2 Å². The molecule has 1 aromatic rings. The third kappa shape index (κ3) is 5.65. The average molecular weight is 355 g/mol. The van der Waals surface area contributed by atoms with E-state index >= 15 is 0 Å². The van der Waals surface area contributed by atoms with Crippen molar-refractivity contribution in [2.75, 3.05) is 13.2 Å². The van der Waals surface area contributed by atoms with Crippen molar-refractivity contribution >= 4 is 23.5 Å². The van der Waals surface area contributed by atoms with E-state index in [9.17, 15) is 14.7 Å². The zero-order valence-corrected chi connectivity index (χ0v) is 14.7. The Morgan fingerprint density at radius 1 is 1.17 bits per heavy atom. The average Bonchev–Trinajstić information content (AvgIpc) is 2.56. The monoisotopic (exact) mass is 354 g/mol. The van der Waals surface area contributed by atoms with E-state index in [1.54, 1.807) is 38.1 Å². The van der Waals surface area contributed by atoms with Crippen LogP contribution in [-0.4, -0.2) is 30.3 Å². The Balaban J connectivity index is 2.94. The highest BCUT2D eigenvalue weighted by atomic mass is 35.5. The summed E-state index contributed by atoms with van der Waals surface area (Å²) in [5.41, 5.74) is 0.621. The predicted octanol–water partition coefficient (Wildman–Crippen LogP) is 3.31. The van der Waals surface area contributed by atoms with Crippen LogP contribution in [0.2, 0.25) is 5.02 Å². The van der Waals surface area contributed by atoms with Crippen LogP contribution in [0, 0.1) is 11.8 Å². The topological polar surface area (TPSA) is 72.8 Å². The number of carbonyl (C=O) groups excluding carboxylic acids is 2. The van der Waals surface area contributed by atoms with E-state index in [1.807, 2.05) is 0 Å². The SMILES string of the molecule is C=C[C@@H](CC(C(=O)OCC)C(=O)OCC)[C@@H](O)c1ccc(Cl)cc1. The lowest BCUT2D eigenvalue weighted by atomic mass is 9.87. The normalized spacial score (nSPS) is 13.2. The molecule has 0 aromatic heterocycles. The van der Waals surface area contributed by atoms with Gasteiger partial charge in [0, 0.05) is 10.9 Å². The maximum absolute atomic E-state index is 12.1. The summed E-state index contributed by atoms with van der Waals surface area (Å²) < 4.78 is 9.89. The fourth-order valence-electron chi connectivity index (χ4n) is 2.31. The molecule has 0 amide bonds. The lowest BCUT2D eigenvalue weighted by molar-refractivity contribution is -0.162. The number of aliphatic hydroxyl groups is 1. The maximum atomic E-state index is 12.1. The molecule has 0 fully saturated rings. The second kappa shape index (κ2) is 10.1. The minimum atomic E-state index is -1.10. The van der Waals surface area contributed by atoms with Crippen LogP contribution in [0.15, 0.2) is 36.9 Å². The fraction of sp³-hybridized carbons (Fsp3) is 0.444. The smallest absolute Gasteiger partial charge is 0.320 e. The highest BCUT2D eigenvalue weighted by molar-refractivity contribution is 6.30. The zero-order valence-electron chi connectivity index (χ0n) is 13.9. The number of esters is 2. The van der Waals surface area contributed by atoms with E-state index in [0.717, 1.165) is 0 Å². The molecule has 0 heterocycles. The van der Waals surface area contributed by atoms with E-state index in [-0.39, 0.29) is 19.6 Å². The van der Waals surface area contributed by atoms with Crippen LogP contribution in [0.3, 0.4) is 0 Å². The highest BCUT2D eigenvalue weighted by Gasteiger charge is 2.34. The van der Waals surface area contributed by atoms with E-state index in [0.29, 0.717) is 10.6 Å². The minimum absolute atomic E-state index is 0.0466. The summed E-state index contributed by atoms with van der Waals surface area (Å²) in [5.74, 6) is -2.95. The summed E-state index contributed by atoms with van der Waals surface area (Å²) in [7, 11) is 0. The minimum Gasteiger partial charge on any atom is -0.465 e. The lowest BCUT2D eigenvalue weighted by Gasteiger charge is -2.23. The summed E-state index contributed by atoms with van der Waals surface area (Å²) in [4.78, 5) is 24.1. The molecule has 0 spiro atoms. The zero-order chi connectivity index (χ0) is 18.1. The number of rotatable bonds is 9. The highest BCUT2D eigenvalue weighted by Crippen LogP contribution is 2.30. The van der Waals surface area contributed by atoms with Gasteiger partial charge in [-0.15, -0.1) is 6.58 Å². The maximum Gasteiger partial charge on any atom is 0.320 e. The first-order chi connectivity index (χ1) is 11.4. The Bertz CT molecular complexity index is 537. The van der Waals surface area contributed by atoms with Gasteiger partial charge < -0.3 is 14.6 Å². The third-order valence-corrected chi connectivity index (χ3v) is 3.82. The molecule has 1 aromatic carbocycles. The van der Waals surface area contributed by atoms with Gasteiger partial charge in [-0.25, -0.2) is 0 Å². The molecule has 6 heteroatoms.